The predicted octanol–water partition coefficient (Wildman–Crippen LogP) is 3.63. The highest BCUT2D eigenvalue weighted by Gasteiger charge is 2.09. The molecule has 2 nitrogen and oxygen atoms in total. The van der Waals surface area contributed by atoms with Gasteiger partial charge in [0, 0.05) is 17.3 Å². The largest absolute Gasteiger partial charge is 0.376 e. The molecule has 0 bridgehead atoms. The maximum Gasteiger partial charge on any atom is 0.170 e. The van der Waals surface area contributed by atoms with Crippen LogP contribution in [0.4, 0.5) is 5.69 Å². The lowest BCUT2D eigenvalue weighted by atomic mass is 10.1. The Bertz CT molecular complexity index is 557. The minimum atomic E-state index is 0.359. The average molecular weight is 291 g/mol. The number of thiocarbonyl (C=S) groups is 1. The van der Waals surface area contributed by atoms with Crippen LogP contribution in [0.2, 0.25) is 5.02 Å². The van der Waals surface area contributed by atoms with Crippen molar-refractivity contribution in [3.8, 4) is 0 Å². The molecule has 0 aliphatic heterocycles. The summed E-state index contributed by atoms with van der Waals surface area (Å²) < 4.78 is 0. The predicted molar refractivity (Wildman–Crippen MR) is 85.7 cm³/mol. The molecule has 0 fully saturated rings. The highest BCUT2D eigenvalue weighted by molar-refractivity contribution is 7.80. The highest BCUT2D eigenvalue weighted by Crippen LogP contribution is 2.19. The fourth-order valence-corrected chi connectivity index (χ4v) is 2.28. The van der Waals surface area contributed by atoms with Gasteiger partial charge in [-0.2, -0.15) is 0 Å². The van der Waals surface area contributed by atoms with E-state index in [1.807, 2.05) is 47.4 Å². The Morgan fingerprint density at radius 1 is 1.11 bits per heavy atom. The Balaban J connectivity index is 2.11. The van der Waals surface area contributed by atoms with E-state index >= 15 is 0 Å². The minimum absolute atomic E-state index is 0.359. The molecule has 0 saturated heterocycles. The van der Waals surface area contributed by atoms with Gasteiger partial charge in [0.05, 0.1) is 0 Å². The van der Waals surface area contributed by atoms with E-state index in [0.717, 1.165) is 18.7 Å². The van der Waals surface area contributed by atoms with Gasteiger partial charge in [0.15, 0.2) is 5.11 Å². The molecular formula is C15H15ClN2S. The first-order valence-electron chi connectivity index (χ1n) is 6.03. The Hall–Kier alpha value is -1.58. The molecule has 0 radical (unpaired) electrons. The van der Waals surface area contributed by atoms with Crippen molar-refractivity contribution in [3.63, 3.8) is 0 Å². The topological polar surface area (TPSA) is 29.3 Å². The summed E-state index contributed by atoms with van der Waals surface area (Å²) in [6.45, 7) is 0.736. The van der Waals surface area contributed by atoms with Crippen molar-refractivity contribution in [2.24, 2.45) is 5.73 Å². The van der Waals surface area contributed by atoms with Crippen LogP contribution in [0.3, 0.4) is 0 Å². The molecule has 0 spiro atoms. The molecule has 2 N–H and O–H groups in total. The van der Waals surface area contributed by atoms with Crippen LogP contribution in [-0.2, 0) is 6.42 Å². The molecule has 98 valence electrons. The molecule has 4 heteroatoms. The quantitative estimate of drug-likeness (QED) is 0.872. The fourth-order valence-electron chi connectivity index (χ4n) is 1.90. The van der Waals surface area contributed by atoms with Gasteiger partial charge in [-0.3, -0.25) is 0 Å². The van der Waals surface area contributed by atoms with Crippen LogP contribution in [0.5, 0.6) is 0 Å². The number of hydrogen-bond acceptors (Lipinski definition) is 1. The minimum Gasteiger partial charge on any atom is -0.376 e. The van der Waals surface area contributed by atoms with Crippen LogP contribution in [0.15, 0.2) is 54.6 Å². The van der Waals surface area contributed by atoms with Crippen LogP contribution >= 0.6 is 23.8 Å². The van der Waals surface area contributed by atoms with Gasteiger partial charge in [-0.25, -0.2) is 0 Å². The normalized spacial score (nSPS) is 10.2. The summed E-state index contributed by atoms with van der Waals surface area (Å²) in [6, 6.07) is 17.8. The van der Waals surface area contributed by atoms with Crippen LogP contribution in [-0.4, -0.2) is 11.7 Å². The SMILES string of the molecule is NC(=S)N(CCc1ccccc1)c1cccc(Cl)c1. The van der Waals surface area contributed by atoms with Crippen LogP contribution in [0.1, 0.15) is 5.56 Å². The molecule has 0 atom stereocenters. The fraction of sp³-hybridized carbons (Fsp3) is 0.133. The van der Waals surface area contributed by atoms with Gasteiger partial charge in [-0.1, -0.05) is 48.0 Å². The standard InChI is InChI=1S/C15H15ClN2S/c16-13-7-4-8-14(11-13)18(15(17)19)10-9-12-5-2-1-3-6-12/h1-8,11H,9-10H2,(H2,17,19). The molecule has 0 aromatic heterocycles. The van der Waals surface area contributed by atoms with Gasteiger partial charge in [0.25, 0.3) is 0 Å². The smallest absolute Gasteiger partial charge is 0.170 e. The van der Waals surface area contributed by atoms with Crippen molar-refractivity contribution in [1.82, 2.24) is 0 Å². The lowest BCUT2D eigenvalue weighted by Crippen LogP contribution is -2.37. The van der Waals surface area contributed by atoms with Gasteiger partial charge < -0.3 is 10.6 Å². The maximum absolute atomic E-state index is 6.00. The first-order chi connectivity index (χ1) is 9.16. The van der Waals surface area contributed by atoms with Crippen molar-refractivity contribution in [2.75, 3.05) is 11.4 Å². The van der Waals surface area contributed by atoms with E-state index in [4.69, 9.17) is 29.6 Å². The second kappa shape index (κ2) is 6.55. The summed E-state index contributed by atoms with van der Waals surface area (Å²) in [5.74, 6) is 0. The third-order valence-corrected chi connectivity index (χ3v) is 3.31. The maximum atomic E-state index is 6.00. The van der Waals surface area contributed by atoms with Crippen LogP contribution in [0, 0.1) is 0 Å². The van der Waals surface area contributed by atoms with E-state index in [1.165, 1.54) is 5.56 Å². The lowest BCUT2D eigenvalue weighted by molar-refractivity contribution is 0.935. The van der Waals surface area contributed by atoms with E-state index in [2.05, 4.69) is 12.1 Å². The summed E-state index contributed by atoms with van der Waals surface area (Å²) in [5, 5.41) is 1.04. The molecule has 0 saturated carbocycles. The molecule has 0 unspecified atom stereocenters. The van der Waals surface area contributed by atoms with E-state index in [1.54, 1.807) is 0 Å². The van der Waals surface area contributed by atoms with Gasteiger partial charge in [-0.15, -0.1) is 0 Å². The number of anilines is 1. The summed E-state index contributed by atoms with van der Waals surface area (Å²) in [5.41, 5.74) is 7.98. The van der Waals surface area contributed by atoms with Crippen molar-refractivity contribution in [1.29, 1.82) is 0 Å². The Labute approximate surface area is 123 Å². The third-order valence-electron chi connectivity index (χ3n) is 2.85. The number of benzene rings is 2. The Morgan fingerprint density at radius 3 is 2.47 bits per heavy atom. The van der Waals surface area contributed by atoms with Crippen LogP contribution < -0.4 is 10.6 Å². The molecule has 0 heterocycles. The number of rotatable bonds is 4. The molecule has 2 aromatic carbocycles. The van der Waals surface area contributed by atoms with E-state index < -0.39 is 0 Å². The number of hydrogen-bond donors (Lipinski definition) is 1. The zero-order chi connectivity index (χ0) is 13.7. The van der Waals surface area contributed by atoms with Gasteiger partial charge in [0.1, 0.15) is 0 Å². The zero-order valence-electron chi connectivity index (χ0n) is 10.4. The monoisotopic (exact) mass is 290 g/mol. The van der Waals surface area contributed by atoms with Crippen molar-refractivity contribution in [3.05, 3.63) is 65.2 Å². The Morgan fingerprint density at radius 2 is 1.84 bits per heavy atom. The van der Waals surface area contributed by atoms with E-state index in [-0.39, 0.29) is 0 Å². The third kappa shape index (κ3) is 3.94. The first kappa shape index (κ1) is 13.8. The van der Waals surface area contributed by atoms with E-state index in [9.17, 15) is 0 Å². The summed E-state index contributed by atoms with van der Waals surface area (Å²) in [7, 11) is 0. The van der Waals surface area contributed by atoms with Gasteiger partial charge >= 0.3 is 0 Å². The van der Waals surface area contributed by atoms with Crippen molar-refractivity contribution in [2.45, 2.75) is 6.42 Å². The second-order valence-corrected chi connectivity index (χ2v) is 5.06. The van der Waals surface area contributed by atoms with Crippen LogP contribution in [0.25, 0.3) is 0 Å². The second-order valence-electron chi connectivity index (χ2n) is 4.21. The summed E-state index contributed by atoms with van der Waals surface area (Å²) in [6.07, 6.45) is 0.880. The molecule has 19 heavy (non-hydrogen) atoms. The molecule has 0 aliphatic carbocycles. The van der Waals surface area contributed by atoms with Gasteiger partial charge in [-0.05, 0) is 42.4 Å². The molecule has 2 rings (SSSR count). The molecule has 2 aromatic rings. The molecular weight excluding hydrogens is 276 g/mol. The number of halogens is 1. The number of nitrogens with zero attached hydrogens (tertiary/aromatic N) is 1. The first-order valence-corrected chi connectivity index (χ1v) is 6.82. The molecule has 0 amide bonds. The number of nitrogens with two attached hydrogens (primary N) is 1. The zero-order valence-corrected chi connectivity index (χ0v) is 12.0. The molecule has 0 aliphatic rings. The lowest BCUT2D eigenvalue weighted by Gasteiger charge is -2.23. The Kier molecular flexibility index (Phi) is 4.77. The van der Waals surface area contributed by atoms with E-state index in [0.29, 0.717) is 10.1 Å². The van der Waals surface area contributed by atoms with Crippen molar-refractivity contribution < 1.29 is 0 Å². The average Bonchev–Trinajstić information content (AvgIpc) is 2.40. The highest BCUT2D eigenvalue weighted by atomic mass is 35.5. The van der Waals surface area contributed by atoms with Crippen molar-refractivity contribution >= 4 is 34.6 Å². The summed E-state index contributed by atoms with van der Waals surface area (Å²) in [4.78, 5) is 1.90. The summed E-state index contributed by atoms with van der Waals surface area (Å²) >= 11 is 11.1. The van der Waals surface area contributed by atoms with Gasteiger partial charge in [0.2, 0.25) is 0 Å².